The van der Waals surface area contributed by atoms with Crippen molar-refractivity contribution in [3.63, 3.8) is 0 Å². The molecule has 2 rings (SSSR count). The van der Waals surface area contributed by atoms with E-state index in [0.717, 1.165) is 28.8 Å². The number of nitrogens with zero attached hydrogens (tertiary/aromatic N) is 1. The van der Waals surface area contributed by atoms with Gasteiger partial charge in [0.05, 0.1) is 5.69 Å². The Morgan fingerprint density at radius 1 is 1.16 bits per heavy atom. The lowest BCUT2D eigenvalue weighted by Crippen LogP contribution is -2.17. The van der Waals surface area contributed by atoms with Gasteiger partial charge in [-0.25, -0.2) is 0 Å². The summed E-state index contributed by atoms with van der Waals surface area (Å²) >= 11 is 0. The molecule has 25 heavy (non-hydrogen) atoms. The monoisotopic (exact) mass is 340 g/mol. The van der Waals surface area contributed by atoms with Gasteiger partial charge in [0.1, 0.15) is 0 Å². The van der Waals surface area contributed by atoms with Crippen LogP contribution in [0.2, 0.25) is 0 Å². The first-order chi connectivity index (χ1) is 11.6. The van der Waals surface area contributed by atoms with Crippen LogP contribution in [0.1, 0.15) is 50.2 Å². The van der Waals surface area contributed by atoms with E-state index in [1.165, 1.54) is 12.5 Å². The van der Waals surface area contributed by atoms with E-state index in [-0.39, 0.29) is 11.4 Å². The van der Waals surface area contributed by atoms with Crippen LogP contribution in [-0.2, 0) is 17.8 Å². The number of ether oxygens (including phenoxy) is 1. The molecule has 0 bridgehead atoms. The van der Waals surface area contributed by atoms with Crippen molar-refractivity contribution in [2.24, 2.45) is 11.1 Å². The molecule has 0 saturated carbocycles. The van der Waals surface area contributed by atoms with Crippen LogP contribution in [0.25, 0.3) is 11.1 Å². The van der Waals surface area contributed by atoms with Gasteiger partial charge in [-0.05, 0) is 36.8 Å². The Bertz CT molecular complexity index is 772. The SMILES string of the molecule is CC(=O)Oc1c(C)nc(CC(C)(C)C)c(CN)c1-c1ccc(C)cc1. The molecule has 0 radical (unpaired) electrons. The van der Waals surface area contributed by atoms with Gasteiger partial charge in [-0.2, -0.15) is 0 Å². The molecule has 134 valence electrons. The number of aryl methyl sites for hydroxylation is 2. The second-order valence-corrected chi connectivity index (χ2v) is 7.73. The number of hydrogen-bond acceptors (Lipinski definition) is 4. The number of benzene rings is 1. The van der Waals surface area contributed by atoms with Crippen molar-refractivity contribution in [3.05, 3.63) is 46.8 Å². The standard InChI is InChI=1S/C21H28N2O2/c1-13-7-9-16(10-8-13)19-17(12-22)18(11-21(4,5)6)23-14(2)20(19)25-15(3)24/h7-10H,11-12,22H2,1-6H3. The third kappa shape index (κ3) is 4.67. The van der Waals surface area contributed by atoms with E-state index in [2.05, 4.69) is 20.8 Å². The number of pyridine rings is 1. The van der Waals surface area contributed by atoms with Gasteiger partial charge in [0, 0.05) is 24.7 Å². The second-order valence-electron chi connectivity index (χ2n) is 7.73. The molecule has 0 atom stereocenters. The largest absolute Gasteiger partial charge is 0.424 e. The number of carbonyl (C=O) groups excluding carboxylic acids is 1. The molecule has 0 unspecified atom stereocenters. The van der Waals surface area contributed by atoms with Crippen LogP contribution in [0.3, 0.4) is 0 Å². The molecule has 2 aromatic rings. The lowest BCUT2D eigenvalue weighted by molar-refractivity contribution is -0.131. The molecule has 4 heteroatoms. The summed E-state index contributed by atoms with van der Waals surface area (Å²) in [7, 11) is 0. The first kappa shape index (κ1) is 19.1. The molecule has 4 nitrogen and oxygen atoms in total. The van der Waals surface area contributed by atoms with Crippen LogP contribution in [0, 0.1) is 19.3 Å². The zero-order chi connectivity index (χ0) is 18.8. The van der Waals surface area contributed by atoms with Gasteiger partial charge in [-0.3, -0.25) is 9.78 Å². The number of aromatic nitrogens is 1. The van der Waals surface area contributed by atoms with Gasteiger partial charge in [0.2, 0.25) is 0 Å². The molecular formula is C21H28N2O2. The number of hydrogen-bond donors (Lipinski definition) is 1. The average Bonchev–Trinajstić information content (AvgIpc) is 2.48. The van der Waals surface area contributed by atoms with Gasteiger partial charge in [0.25, 0.3) is 0 Å². The number of carbonyl (C=O) groups is 1. The topological polar surface area (TPSA) is 65.2 Å². The predicted molar refractivity (Wildman–Crippen MR) is 102 cm³/mol. The zero-order valence-electron chi connectivity index (χ0n) is 16.1. The van der Waals surface area contributed by atoms with Crippen molar-refractivity contribution >= 4 is 5.97 Å². The molecular weight excluding hydrogens is 312 g/mol. The molecule has 0 saturated heterocycles. The van der Waals surface area contributed by atoms with Gasteiger partial charge in [0.15, 0.2) is 5.75 Å². The van der Waals surface area contributed by atoms with Crippen LogP contribution in [-0.4, -0.2) is 11.0 Å². The Kier molecular flexibility index (Phi) is 5.63. The van der Waals surface area contributed by atoms with Crippen LogP contribution in [0.4, 0.5) is 0 Å². The molecule has 0 spiro atoms. The van der Waals surface area contributed by atoms with Crippen molar-refractivity contribution in [3.8, 4) is 16.9 Å². The van der Waals surface area contributed by atoms with E-state index in [9.17, 15) is 4.79 Å². The first-order valence-corrected chi connectivity index (χ1v) is 8.60. The molecule has 2 N–H and O–H groups in total. The third-order valence-electron chi connectivity index (χ3n) is 4.00. The highest BCUT2D eigenvalue weighted by atomic mass is 16.5. The number of esters is 1. The second kappa shape index (κ2) is 7.36. The minimum absolute atomic E-state index is 0.0802. The highest BCUT2D eigenvalue weighted by molar-refractivity contribution is 5.80. The fourth-order valence-corrected chi connectivity index (χ4v) is 2.95. The molecule has 0 aliphatic heterocycles. The van der Waals surface area contributed by atoms with E-state index < -0.39 is 0 Å². The highest BCUT2D eigenvalue weighted by Gasteiger charge is 2.23. The predicted octanol–water partition coefficient (Wildman–Crippen LogP) is 4.34. The summed E-state index contributed by atoms with van der Waals surface area (Å²) in [6.07, 6.45) is 0.805. The average molecular weight is 340 g/mol. The number of rotatable bonds is 4. The Morgan fingerprint density at radius 2 is 1.76 bits per heavy atom. The lowest BCUT2D eigenvalue weighted by atomic mass is 9.86. The summed E-state index contributed by atoms with van der Waals surface area (Å²) in [6, 6.07) is 8.17. The zero-order valence-corrected chi connectivity index (χ0v) is 16.1. The van der Waals surface area contributed by atoms with Gasteiger partial charge in [-0.1, -0.05) is 50.6 Å². The van der Waals surface area contributed by atoms with Crippen molar-refractivity contribution < 1.29 is 9.53 Å². The number of nitrogens with two attached hydrogens (primary N) is 1. The Labute approximate surface area is 150 Å². The summed E-state index contributed by atoms with van der Waals surface area (Å²) < 4.78 is 5.53. The summed E-state index contributed by atoms with van der Waals surface area (Å²) in [5.74, 6) is 0.152. The molecule has 1 heterocycles. The van der Waals surface area contributed by atoms with Crippen LogP contribution in [0.5, 0.6) is 5.75 Å². The fourth-order valence-electron chi connectivity index (χ4n) is 2.95. The summed E-state index contributed by atoms with van der Waals surface area (Å²) in [5, 5.41) is 0. The third-order valence-corrected chi connectivity index (χ3v) is 4.00. The van der Waals surface area contributed by atoms with E-state index in [0.29, 0.717) is 18.0 Å². The molecule has 0 amide bonds. The minimum atomic E-state index is -0.357. The Balaban J connectivity index is 2.77. The molecule has 0 fully saturated rings. The smallest absolute Gasteiger partial charge is 0.308 e. The molecule has 1 aromatic carbocycles. The summed E-state index contributed by atoms with van der Waals surface area (Å²) in [6.45, 7) is 12.2. The maximum absolute atomic E-state index is 11.6. The van der Waals surface area contributed by atoms with Crippen molar-refractivity contribution in [1.29, 1.82) is 0 Å². The Hall–Kier alpha value is -2.20. The summed E-state index contributed by atoms with van der Waals surface area (Å²) in [4.78, 5) is 16.4. The van der Waals surface area contributed by atoms with Gasteiger partial charge in [-0.15, -0.1) is 0 Å². The minimum Gasteiger partial charge on any atom is -0.424 e. The quantitative estimate of drug-likeness (QED) is 0.841. The Morgan fingerprint density at radius 3 is 2.24 bits per heavy atom. The van der Waals surface area contributed by atoms with Gasteiger partial charge >= 0.3 is 5.97 Å². The lowest BCUT2D eigenvalue weighted by Gasteiger charge is -2.23. The van der Waals surface area contributed by atoms with Crippen LogP contribution < -0.4 is 10.5 Å². The molecule has 1 aromatic heterocycles. The van der Waals surface area contributed by atoms with Gasteiger partial charge < -0.3 is 10.5 Å². The van der Waals surface area contributed by atoms with Crippen molar-refractivity contribution in [2.45, 2.75) is 54.5 Å². The maximum Gasteiger partial charge on any atom is 0.308 e. The highest BCUT2D eigenvalue weighted by Crippen LogP contribution is 2.38. The van der Waals surface area contributed by atoms with Crippen LogP contribution >= 0.6 is 0 Å². The van der Waals surface area contributed by atoms with E-state index in [1.807, 2.05) is 38.1 Å². The van der Waals surface area contributed by atoms with Crippen molar-refractivity contribution in [2.75, 3.05) is 0 Å². The molecule has 0 aliphatic rings. The van der Waals surface area contributed by atoms with E-state index >= 15 is 0 Å². The first-order valence-electron chi connectivity index (χ1n) is 8.60. The fraction of sp³-hybridized carbons (Fsp3) is 0.429. The molecule has 0 aliphatic carbocycles. The van der Waals surface area contributed by atoms with E-state index in [4.69, 9.17) is 15.5 Å². The summed E-state index contributed by atoms with van der Waals surface area (Å²) in [5.41, 5.74) is 11.9. The maximum atomic E-state index is 11.6. The normalized spacial score (nSPS) is 11.5. The van der Waals surface area contributed by atoms with Crippen LogP contribution in [0.15, 0.2) is 24.3 Å². The van der Waals surface area contributed by atoms with Crippen molar-refractivity contribution in [1.82, 2.24) is 4.98 Å². The van der Waals surface area contributed by atoms with E-state index in [1.54, 1.807) is 0 Å².